The van der Waals surface area contributed by atoms with Crippen molar-refractivity contribution < 1.29 is 13.9 Å². The van der Waals surface area contributed by atoms with E-state index < -0.39 is 18.1 Å². The summed E-state index contributed by atoms with van der Waals surface area (Å²) >= 11 is 0. The number of fused-ring (bicyclic) bond motifs is 1. The fourth-order valence-electron chi connectivity index (χ4n) is 3.46. The zero-order chi connectivity index (χ0) is 22.1. The monoisotopic (exact) mass is 429 g/mol. The highest BCUT2D eigenvalue weighted by Gasteiger charge is 2.35. The lowest BCUT2D eigenvalue weighted by Gasteiger charge is -2.17. The van der Waals surface area contributed by atoms with E-state index in [4.69, 9.17) is 4.74 Å². The predicted octanol–water partition coefficient (Wildman–Crippen LogP) is 1.16. The van der Waals surface area contributed by atoms with Crippen molar-refractivity contribution in [1.29, 1.82) is 0 Å². The molecule has 1 saturated heterocycles. The van der Waals surface area contributed by atoms with E-state index in [0.717, 1.165) is 6.08 Å². The van der Waals surface area contributed by atoms with Crippen molar-refractivity contribution in [2.24, 2.45) is 7.05 Å². The van der Waals surface area contributed by atoms with E-state index in [-0.39, 0.29) is 13.1 Å². The molecule has 164 valence electrons. The second kappa shape index (κ2) is 8.20. The van der Waals surface area contributed by atoms with Gasteiger partial charge < -0.3 is 24.8 Å². The van der Waals surface area contributed by atoms with Crippen LogP contribution in [0.5, 0.6) is 5.88 Å². The molecule has 0 spiro atoms. The molecule has 2 unspecified atom stereocenters. The Morgan fingerprint density at radius 1 is 1.42 bits per heavy atom. The van der Waals surface area contributed by atoms with Crippen molar-refractivity contribution in [3.05, 3.63) is 25.2 Å². The zero-order valence-electron chi connectivity index (χ0n) is 17.5. The van der Waals surface area contributed by atoms with Crippen molar-refractivity contribution in [3.63, 3.8) is 0 Å². The van der Waals surface area contributed by atoms with Gasteiger partial charge in [-0.15, -0.1) is 5.10 Å². The highest BCUT2D eigenvalue weighted by molar-refractivity contribution is 5.88. The fraction of sp³-hybridized carbons (Fsp3) is 0.421. The van der Waals surface area contributed by atoms with Gasteiger partial charge in [0.1, 0.15) is 11.9 Å². The molecule has 4 heterocycles. The van der Waals surface area contributed by atoms with E-state index >= 15 is 0 Å². The average molecular weight is 429 g/mol. The molecule has 0 aliphatic carbocycles. The van der Waals surface area contributed by atoms with Gasteiger partial charge in [0.05, 0.1) is 32.2 Å². The summed E-state index contributed by atoms with van der Waals surface area (Å²) in [5.41, 5.74) is 1.77. The maximum atomic E-state index is 14.5. The number of carbonyl (C=O) groups excluding carboxylic acids is 1. The summed E-state index contributed by atoms with van der Waals surface area (Å²) < 4.78 is 23.4. The minimum Gasteiger partial charge on any atom is -0.478 e. The van der Waals surface area contributed by atoms with E-state index in [9.17, 15) is 9.18 Å². The number of hydrogen-bond acceptors (Lipinski definition) is 8. The van der Waals surface area contributed by atoms with Gasteiger partial charge in [-0.3, -0.25) is 9.48 Å². The minimum atomic E-state index is -1.26. The summed E-state index contributed by atoms with van der Waals surface area (Å²) in [5.74, 6) is 0.783. The number of halogens is 1. The largest absolute Gasteiger partial charge is 0.478 e. The smallest absolute Gasteiger partial charge is 0.256 e. The number of nitrogens with one attached hydrogen (secondary N) is 2. The van der Waals surface area contributed by atoms with Crippen molar-refractivity contribution in [1.82, 2.24) is 34.6 Å². The van der Waals surface area contributed by atoms with Gasteiger partial charge in [-0.25, -0.2) is 9.37 Å². The number of amides is 1. The number of imidazole rings is 1. The highest BCUT2D eigenvalue weighted by atomic mass is 19.1. The molecule has 2 N–H and O–H groups in total. The molecule has 11 nitrogen and oxygen atoms in total. The van der Waals surface area contributed by atoms with Gasteiger partial charge in [0.25, 0.3) is 5.88 Å². The zero-order valence-corrected chi connectivity index (χ0v) is 17.5. The van der Waals surface area contributed by atoms with E-state index in [0.29, 0.717) is 41.0 Å². The van der Waals surface area contributed by atoms with Crippen LogP contribution in [0.2, 0.25) is 0 Å². The van der Waals surface area contributed by atoms with Crippen LogP contribution in [0.1, 0.15) is 6.92 Å². The second-order valence-electron chi connectivity index (χ2n) is 7.17. The standard InChI is InChI=1S/C19H24FN9O2/c1-5-14(30)22-12-8-28(7-11(12)20)19-24-16(15-17(25-19)27(3)10-21-15)23-13-9-29(6-2)26-18(13)31-4/h5,9-12H,1,6-8H2,2-4H3,(H,22,30)(H,23,24,25). The third-order valence-corrected chi connectivity index (χ3v) is 5.09. The third kappa shape index (κ3) is 3.88. The van der Waals surface area contributed by atoms with Crippen molar-refractivity contribution >= 4 is 34.5 Å². The lowest BCUT2D eigenvalue weighted by atomic mass is 10.2. The molecule has 1 aliphatic rings. The quantitative estimate of drug-likeness (QED) is 0.538. The minimum absolute atomic E-state index is 0.0575. The van der Waals surface area contributed by atoms with Gasteiger partial charge in [0.2, 0.25) is 11.9 Å². The molecular formula is C19H24FN9O2. The maximum Gasteiger partial charge on any atom is 0.256 e. The van der Waals surface area contributed by atoms with Gasteiger partial charge in [0, 0.05) is 20.1 Å². The van der Waals surface area contributed by atoms with Crippen LogP contribution in [0, 0.1) is 0 Å². The molecule has 0 bridgehead atoms. The Morgan fingerprint density at radius 3 is 2.94 bits per heavy atom. The third-order valence-electron chi connectivity index (χ3n) is 5.09. The number of rotatable bonds is 7. The van der Waals surface area contributed by atoms with Gasteiger partial charge in [-0.2, -0.15) is 9.97 Å². The second-order valence-corrected chi connectivity index (χ2v) is 7.17. The number of hydrogen-bond donors (Lipinski definition) is 2. The number of methoxy groups -OCH3 is 1. The normalized spacial score (nSPS) is 18.4. The van der Waals surface area contributed by atoms with Gasteiger partial charge >= 0.3 is 0 Å². The Hall–Kier alpha value is -3.70. The molecule has 0 aromatic carbocycles. The molecule has 1 aliphatic heterocycles. The SMILES string of the molecule is C=CC(=O)NC1CN(c2nc(Nc3cn(CC)nc3OC)c3ncn(C)c3n2)CC1F. The first kappa shape index (κ1) is 20.6. The van der Waals surface area contributed by atoms with Crippen LogP contribution in [0.15, 0.2) is 25.2 Å². The Labute approximate surface area is 177 Å². The summed E-state index contributed by atoms with van der Waals surface area (Å²) in [6.45, 7) is 6.35. The molecular weight excluding hydrogens is 405 g/mol. The van der Waals surface area contributed by atoms with Crippen LogP contribution in [-0.2, 0) is 18.4 Å². The lowest BCUT2D eigenvalue weighted by Crippen LogP contribution is -2.40. The predicted molar refractivity (Wildman–Crippen MR) is 113 cm³/mol. The molecule has 4 rings (SSSR count). The van der Waals surface area contributed by atoms with Crippen LogP contribution in [0.4, 0.5) is 21.8 Å². The summed E-state index contributed by atoms with van der Waals surface area (Å²) in [6.07, 6.45) is 3.31. The number of nitrogens with zero attached hydrogens (tertiary/aromatic N) is 7. The number of anilines is 3. The van der Waals surface area contributed by atoms with E-state index in [1.807, 2.05) is 20.2 Å². The number of carbonyl (C=O) groups is 1. The Morgan fingerprint density at radius 2 is 2.23 bits per heavy atom. The van der Waals surface area contributed by atoms with Crippen LogP contribution in [-0.4, -0.2) is 67.6 Å². The van der Waals surface area contributed by atoms with Crippen molar-refractivity contribution in [3.8, 4) is 5.88 Å². The molecule has 0 radical (unpaired) electrons. The molecule has 31 heavy (non-hydrogen) atoms. The first-order valence-electron chi connectivity index (χ1n) is 9.83. The topological polar surface area (TPSA) is 115 Å². The van der Waals surface area contributed by atoms with E-state index in [1.165, 1.54) is 0 Å². The molecule has 3 aromatic heterocycles. The van der Waals surface area contributed by atoms with E-state index in [1.54, 1.807) is 27.6 Å². The first-order valence-corrected chi connectivity index (χ1v) is 9.83. The fourth-order valence-corrected chi connectivity index (χ4v) is 3.46. The van der Waals surface area contributed by atoms with Crippen LogP contribution in [0.25, 0.3) is 11.2 Å². The summed E-state index contributed by atoms with van der Waals surface area (Å²) in [7, 11) is 3.36. The highest BCUT2D eigenvalue weighted by Crippen LogP contribution is 2.30. The van der Waals surface area contributed by atoms with E-state index in [2.05, 4.69) is 37.3 Å². The average Bonchev–Trinajstić information content (AvgIpc) is 3.45. The maximum absolute atomic E-state index is 14.5. The van der Waals surface area contributed by atoms with Crippen molar-refractivity contribution in [2.75, 3.05) is 30.4 Å². The van der Waals surface area contributed by atoms with Gasteiger partial charge in [-0.05, 0) is 13.0 Å². The number of alkyl halides is 1. The Bertz CT molecular complexity index is 1130. The summed E-state index contributed by atoms with van der Waals surface area (Å²) in [6, 6.07) is -0.671. The Balaban J connectivity index is 1.69. The molecule has 2 atom stereocenters. The molecule has 12 heteroatoms. The Kier molecular flexibility index (Phi) is 5.44. The van der Waals surface area contributed by atoms with Crippen LogP contribution in [0.3, 0.4) is 0 Å². The summed E-state index contributed by atoms with van der Waals surface area (Å²) in [4.78, 5) is 26.9. The molecule has 3 aromatic rings. The van der Waals surface area contributed by atoms with Crippen molar-refractivity contribution in [2.45, 2.75) is 25.7 Å². The number of aryl methyl sites for hydroxylation is 2. The first-order chi connectivity index (χ1) is 14.9. The van der Waals surface area contributed by atoms with Gasteiger partial charge in [-0.1, -0.05) is 6.58 Å². The molecule has 0 saturated carbocycles. The molecule has 1 amide bonds. The summed E-state index contributed by atoms with van der Waals surface area (Å²) in [5, 5.41) is 10.2. The van der Waals surface area contributed by atoms with Crippen LogP contribution >= 0.6 is 0 Å². The van der Waals surface area contributed by atoms with Crippen LogP contribution < -0.4 is 20.3 Å². The lowest BCUT2D eigenvalue weighted by molar-refractivity contribution is -0.117. The molecule has 1 fully saturated rings. The number of ether oxygens (including phenoxy) is 1. The van der Waals surface area contributed by atoms with Gasteiger partial charge in [0.15, 0.2) is 17.0 Å². The number of aromatic nitrogens is 6.